The van der Waals surface area contributed by atoms with Crippen LogP contribution in [0.15, 0.2) is 65.6 Å². The predicted octanol–water partition coefficient (Wildman–Crippen LogP) is 4.81. The van der Waals surface area contributed by atoms with Gasteiger partial charge in [0.05, 0.1) is 18.1 Å². The molecule has 0 heterocycles. The number of para-hydroxylation sites is 1. The minimum atomic E-state index is -3.92. The first kappa shape index (κ1) is 27.2. The average molecular weight is 504 g/mol. The molecule has 0 spiro atoms. The predicted molar refractivity (Wildman–Crippen MR) is 135 cm³/mol. The zero-order valence-electron chi connectivity index (χ0n) is 21.1. The van der Waals surface area contributed by atoms with E-state index in [1.54, 1.807) is 47.5 Å². The van der Waals surface area contributed by atoms with Crippen LogP contribution < -0.4 is 4.84 Å². The zero-order chi connectivity index (χ0) is 25.5. The lowest BCUT2D eigenvalue weighted by Crippen LogP contribution is -2.80. The van der Waals surface area contributed by atoms with Crippen molar-refractivity contribution >= 4 is 15.8 Å². The Balaban J connectivity index is 2.21. The van der Waals surface area contributed by atoms with Gasteiger partial charge < -0.3 is 14.3 Å². The number of esters is 1. The highest BCUT2D eigenvalue weighted by atomic mass is 32.2. The van der Waals surface area contributed by atoms with Gasteiger partial charge in [-0.15, -0.1) is 5.06 Å². The quantitative estimate of drug-likeness (QED) is 0.286. The van der Waals surface area contributed by atoms with E-state index in [0.29, 0.717) is 5.75 Å². The second-order valence-corrected chi connectivity index (χ2v) is 11.1. The van der Waals surface area contributed by atoms with Crippen LogP contribution in [0.2, 0.25) is 0 Å². The molecule has 192 valence electrons. The van der Waals surface area contributed by atoms with Gasteiger partial charge in [0, 0.05) is 13.2 Å². The number of rotatable bonds is 13. The maximum Gasteiger partial charge on any atom is 0.333 e. The summed E-state index contributed by atoms with van der Waals surface area (Å²) in [6, 6.07) is 17.2. The van der Waals surface area contributed by atoms with E-state index in [0.717, 1.165) is 32.1 Å². The average Bonchev–Trinajstić information content (AvgIpc) is 2.86. The number of sulfone groups is 1. The third-order valence-corrected chi connectivity index (χ3v) is 9.04. The van der Waals surface area contributed by atoms with Gasteiger partial charge in [-0.25, -0.2) is 13.2 Å². The summed E-state index contributed by atoms with van der Waals surface area (Å²) in [5.74, 6) is -0.153. The van der Waals surface area contributed by atoms with Gasteiger partial charge >= 0.3 is 5.97 Å². The van der Waals surface area contributed by atoms with Crippen LogP contribution in [-0.2, 0) is 24.1 Å². The maximum atomic E-state index is 13.9. The van der Waals surface area contributed by atoms with Gasteiger partial charge in [-0.1, -0.05) is 69.5 Å². The number of unbranched alkanes of at least 4 members (excludes halogenated alkanes) is 1. The summed E-state index contributed by atoms with van der Waals surface area (Å²) in [4.78, 5) is 20.3. The van der Waals surface area contributed by atoms with E-state index in [1.165, 1.54) is 14.2 Å². The van der Waals surface area contributed by atoms with Crippen LogP contribution in [0.5, 0.6) is 5.75 Å². The van der Waals surface area contributed by atoms with Gasteiger partial charge in [-0.05, 0) is 43.5 Å². The summed E-state index contributed by atoms with van der Waals surface area (Å²) in [7, 11) is -1.14. The lowest BCUT2D eigenvalue weighted by molar-refractivity contribution is -0.252. The fraction of sp³-hybridized carbons (Fsp3) is 0.519. The maximum absolute atomic E-state index is 13.9. The molecular formula is C27H37NO6S. The van der Waals surface area contributed by atoms with E-state index >= 15 is 0 Å². The summed E-state index contributed by atoms with van der Waals surface area (Å²) in [5, 5.41) is 0.510. The minimum Gasteiger partial charge on any atom is -0.467 e. The molecule has 2 unspecified atom stereocenters. The van der Waals surface area contributed by atoms with E-state index in [2.05, 4.69) is 13.8 Å². The molecule has 4 atom stereocenters. The molecule has 0 aromatic heterocycles. The molecule has 2 aromatic rings. The molecule has 0 amide bonds. The van der Waals surface area contributed by atoms with Crippen LogP contribution in [0.3, 0.4) is 0 Å². The third-order valence-electron chi connectivity index (χ3n) is 6.81. The molecule has 0 N–H and O–H groups in total. The van der Waals surface area contributed by atoms with Crippen LogP contribution in [0.25, 0.3) is 0 Å². The number of hydrogen-bond acceptors (Lipinski definition) is 7. The van der Waals surface area contributed by atoms with Crippen molar-refractivity contribution in [3.05, 3.63) is 60.7 Å². The Labute approximate surface area is 209 Å². The van der Waals surface area contributed by atoms with E-state index in [-0.39, 0.29) is 17.4 Å². The summed E-state index contributed by atoms with van der Waals surface area (Å²) in [6.07, 6.45) is 3.61. The summed E-state index contributed by atoms with van der Waals surface area (Å²) < 4.78 is 38.9. The fourth-order valence-electron chi connectivity index (χ4n) is 5.01. The second-order valence-electron chi connectivity index (χ2n) is 8.94. The molecule has 0 aliphatic heterocycles. The molecule has 1 aliphatic rings. The van der Waals surface area contributed by atoms with Gasteiger partial charge in [-0.3, -0.25) is 0 Å². The first-order valence-electron chi connectivity index (χ1n) is 12.3. The molecule has 1 saturated carbocycles. The first-order chi connectivity index (χ1) is 16.9. The van der Waals surface area contributed by atoms with Crippen LogP contribution in [-0.4, -0.2) is 56.6 Å². The fourth-order valence-corrected chi connectivity index (χ4v) is 7.13. The number of carbonyl (C=O) groups excluding carboxylic acids is 1. The molecular weight excluding hydrogens is 466 g/mol. The molecule has 0 saturated heterocycles. The number of methoxy groups -OCH3 is 2. The Morgan fingerprint density at radius 2 is 1.63 bits per heavy atom. The SMILES string of the molecule is CCCCC(CCC)N(Oc1ccccc1)C1(C(=O)OC)[C@@H](OC)C[C@H]1S(=O)(=O)c1ccccc1. The van der Waals surface area contributed by atoms with Crippen LogP contribution in [0.4, 0.5) is 0 Å². The van der Waals surface area contributed by atoms with Crippen molar-refractivity contribution in [2.75, 3.05) is 14.2 Å². The summed E-state index contributed by atoms with van der Waals surface area (Å²) >= 11 is 0. The standard InChI is InChI=1S/C27H37NO6S/c1-5-7-15-21(14-6-2)28(34-22-16-10-8-11-17-22)27(26(29)33-4)24(32-3)20-25(27)35(30,31)23-18-12-9-13-19-23/h8-13,16-19,21,24-25H,5-7,14-15,20H2,1-4H3/t21?,24-,25+,27?/m0/s1. The van der Waals surface area contributed by atoms with Gasteiger partial charge in [-0.2, -0.15) is 0 Å². The second kappa shape index (κ2) is 12.0. The van der Waals surface area contributed by atoms with Crippen molar-refractivity contribution in [3.8, 4) is 5.75 Å². The Kier molecular flexibility index (Phi) is 9.33. The number of hydrogen-bond donors (Lipinski definition) is 0. The van der Waals surface area contributed by atoms with Crippen molar-refractivity contribution in [2.24, 2.45) is 0 Å². The van der Waals surface area contributed by atoms with Crippen molar-refractivity contribution in [1.82, 2.24) is 5.06 Å². The van der Waals surface area contributed by atoms with E-state index in [9.17, 15) is 13.2 Å². The first-order valence-corrected chi connectivity index (χ1v) is 13.8. The van der Waals surface area contributed by atoms with E-state index in [4.69, 9.17) is 14.3 Å². The molecule has 1 aliphatic carbocycles. The summed E-state index contributed by atoms with van der Waals surface area (Å²) in [6.45, 7) is 4.17. The van der Waals surface area contributed by atoms with Gasteiger partial charge in [0.15, 0.2) is 15.4 Å². The smallest absolute Gasteiger partial charge is 0.333 e. The van der Waals surface area contributed by atoms with Crippen LogP contribution >= 0.6 is 0 Å². The number of hydroxylamine groups is 2. The molecule has 2 aromatic carbocycles. The highest BCUT2D eigenvalue weighted by molar-refractivity contribution is 7.92. The molecule has 0 bridgehead atoms. The van der Waals surface area contributed by atoms with Crippen molar-refractivity contribution in [2.45, 2.75) is 80.2 Å². The molecule has 1 fully saturated rings. The minimum absolute atomic E-state index is 0.157. The van der Waals surface area contributed by atoms with E-state index < -0.39 is 32.7 Å². The highest BCUT2D eigenvalue weighted by Crippen LogP contribution is 2.49. The van der Waals surface area contributed by atoms with Crippen molar-refractivity contribution < 1.29 is 27.5 Å². The lowest BCUT2D eigenvalue weighted by Gasteiger charge is -2.57. The largest absolute Gasteiger partial charge is 0.467 e. The summed E-state index contributed by atoms with van der Waals surface area (Å²) in [5.41, 5.74) is -1.67. The lowest BCUT2D eigenvalue weighted by atomic mass is 9.71. The van der Waals surface area contributed by atoms with E-state index in [1.807, 2.05) is 18.2 Å². The van der Waals surface area contributed by atoms with Gasteiger partial charge in [0.2, 0.25) is 0 Å². The van der Waals surface area contributed by atoms with Crippen LogP contribution in [0, 0.1) is 0 Å². The molecule has 0 radical (unpaired) electrons. The molecule has 3 rings (SSSR count). The third kappa shape index (κ3) is 5.25. The number of carbonyl (C=O) groups is 1. The van der Waals surface area contributed by atoms with Gasteiger partial charge in [0.1, 0.15) is 11.0 Å². The van der Waals surface area contributed by atoms with Crippen molar-refractivity contribution in [1.29, 1.82) is 0 Å². The molecule has 35 heavy (non-hydrogen) atoms. The normalized spacial score (nSPS) is 22.9. The van der Waals surface area contributed by atoms with Gasteiger partial charge in [0.25, 0.3) is 0 Å². The topological polar surface area (TPSA) is 82.1 Å². The molecule has 7 nitrogen and oxygen atoms in total. The monoisotopic (exact) mass is 503 g/mol. The zero-order valence-corrected chi connectivity index (χ0v) is 21.9. The Bertz CT molecular complexity index is 1050. The van der Waals surface area contributed by atoms with Crippen molar-refractivity contribution in [3.63, 3.8) is 0 Å². The number of benzene rings is 2. The number of ether oxygens (including phenoxy) is 2. The number of nitrogens with zero attached hydrogens (tertiary/aromatic N) is 1. The van der Waals surface area contributed by atoms with Crippen LogP contribution in [0.1, 0.15) is 52.4 Å². The molecule has 8 heteroatoms. The Morgan fingerprint density at radius 1 is 1.00 bits per heavy atom. The Morgan fingerprint density at radius 3 is 2.17 bits per heavy atom. The Hall–Kier alpha value is -2.42. The highest BCUT2D eigenvalue weighted by Gasteiger charge is 2.72.